The van der Waals surface area contributed by atoms with Crippen LogP contribution in [0, 0.1) is 5.92 Å². The Morgan fingerprint density at radius 3 is 2.71 bits per heavy atom. The Balaban J connectivity index is 1.81. The first-order chi connectivity index (χ1) is 10.2. The van der Waals surface area contributed by atoms with E-state index in [2.05, 4.69) is 26.0 Å². The Morgan fingerprint density at radius 2 is 2.05 bits per heavy atom. The zero-order valence-electron chi connectivity index (χ0n) is 13.4. The van der Waals surface area contributed by atoms with Crippen LogP contribution in [0.15, 0.2) is 42.5 Å². The molecule has 0 spiro atoms. The number of rotatable bonds is 7. The van der Waals surface area contributed by atoms with E-state index in [0.717, 1.165) is 38.2 Å². The van der Waals surface area contributed by atoms with Gasteiger partial charge in [-0.3, -0.25) is 0 Å². The fraction of sp³-hybridized carbons (Fsp3) is 0.579. The van der Waals surface area contributed by atoms with Crippen LogP contribution in [-0.4, -0.2) is 18.8 Å². The van der Waals surface area contributed by atoms with Gasteiger partial charge >= 0.3 is 0 Å². The molecule has 1 heterocycles. The van der Waals surface area contributed by atoms with Crippen molar-refractivity contribution >= 4 is 0 Å². The van der Waals surface area contributed by atoms with E-state index in [-0.39, 0.29) is 5.60 Å². The van der Waals surface area contributed by atoms with Crippen molar-refractivity contribution < 1.29 is 9.47 Å². The summed E-state index contributed by atoms with van der Waals surface area (Å²) >= 11 is 0. The highest BCUT2D eigenvalue weighted by atomic mass is 16.5. The Hall–Kier alpha value is -1.28. The smallest absolute Gasteiger partial charge is 0.119 e. The molecule has 21 heavy (non-hydrogen) atoms. The number of allylic oxidation sites excluding steroid dienone is 1. The monoisotopic (exact) mass is 288 g/mol. The first-order valence-corrected chi connectivity index (χ1v) is 8.21. The normalized spacial score (nSPS) is 22.8. The summed E-state index contributed by atoms with van der Waals surface area (Å²) in [4.78, 5) is 0. The fourth-order valence-corrected chi connectivity index (χ4v) is 2.73. The van der Waals surface area contributed by atoms with Crippen LogP contribution < -0.4 is 4.74 Å². The van der Waals surface area contributed by atoms with Gasteiger partial charge in [0.15, 0.2) is 0 Å². The van der Waals surface area contributed by atoms with Crippen LogP contribution in [-0.2, 0) is 4.74 Å². The van der Waals surface area contributed by atoms with Gasteiger partial charge in [-0.25, -0.2) is 0 Å². The largest absolute Gasteiger partial charge is 0.494 e. The number of para-hydroxylation sites is 1. The van der Waals surface area contributed by atoms with Crippen LogP contribution >= 0.6 is 0 Å². The van der Waals surface area contributed by atoms with Crippen molar-refractivity contribution in [1.82, 2.24) is 0 Å². The van der Waals surface area contributed by atoms with Crippen molar-refractivity contribution in [3.05, 3.63) is 42.5 Å². The van der Waals surface area contributed by atoms with E-state index in [1.807, 2.05) is 30.3 Å². The molecule has 1 aromatic rings. The third-order valence-electron chi connectivity index (χ3n) is 3.92. The van der Waals surface area contributed by atoms with Gasteiger partial charge in [-0.05, 0) is 50.2 Å². The molecule has 0 bridgehead atoms. The van der Waals surface area contributed by atoms with E-state index in [9.17, 15) is 0 Å². The standard InChI is InChI=1S/C19H28O2/c1-17(2)11-14-19(12-6-7-16-21-19)13-8-15-20-18-9-4-3-5-10-18/h3-5,9-11,14,17H,6-8,12-13,15-16H2,1-2H3/b14-11+/t19-/m0/s1. The van der Waals surface area contributed by atoms with Gasteiger partial charge in [0.1, 0.15) is 5.75 Å². The minimum atomic E-state index is -0.0530. The van der Waals surface area contributed by atoms with E-state index in [1.165, 1.54) is 12.8 Å². The molecule has 2 nitrogen and oxygen atoms in total. The van der Waals surface area contributed by atoms with Gasteiger partial charge in [0, 0.05) is 6.61 Å². The second kappa shape index (κ2) is 8.23. The molecule has 1 atom stereocenters. The topological polar surface area (TPSA) is 18.5 Å². The van der Waals surface area contributed by atoms with Crippen LogP contribution in [0.1, 0.15) is 46.0 Å². The Bertz CT molecular complexity index is 416. The lowest BCUT2D eigenvalue weighted by Crippen LogP contribution is -2.34. The fourth-order valence-electron chi connectivity index (χ4n) is 2.73. The summed E-state index contributed by atoms with van der Waals surface area (Å²) in [5, 5.41) is 0. The highest BCUT2D eigenvalue weighted by molar-refractivity contribution is 5.20. The van der Waals surface area contributed by atoms with Crippen molar-refractivity contribution in [3.63, 3.8) is 0 Å². The highest BCUT2D eigenvalue weighted by Gasteiger charge is 2.29. The van der Waals surface area contributed by atoms with Crippen LogP contribution in [0.5, 0.6) is 5.75 Å². The van der Waals surface area contributed by atoms with Crippen molar-refractivity contribution in [2.24, 2.45) is 5.92 Å². The number of benzene rings is 1. The molecule has 0 unspecified atom stereocenters. The molecule has 1 aliphatic heterocycles. The van der Waals surface area contributed by atoms with E-state index < -0.39 is 0 Å². The summed E-state index contributed by atoms with van der Waals surface area (Å²) in [7, 11) is 0. The van der Waals surface area contributed by atoms with Crippen LogP contribution in [0.4, 0.5) is 0 Å². The zero-order chi connectivity index (χ0) is 15.0. The third-order valence-corrected chi connectivity index (χ3v) is 3.92. The minimum Gasteiger partial charge on any atom is -0.494 e. The maximum absolute atomic E-state index is 6.13. The average molecular weight is 288 g/mol. The summed E-state index contributed by atoms with van der Waals surface area (Å²) in [5.41, 5.74) is -0.0530. The summed E-state index contributed by atoms with van der Waals surface area (Å²) in [6.07, 6.45) is 10.3. The van der Waals surface area contributed by atoms with Gasteiger partial charge < -0.3 is 9.47 Å². The molecule has 0 N–H and O–H groups in total. The van der Waals surface area contributed by atoms with Crippen molar-refractivity contribution in [3.8, 4) is 5.75 Å². The lowest BCUT2D eigenvalue weighted by molar-refractivity contribution is -0.0510. The quantitative estimate of drug-likeness (QED) is 0.519. The molecular weight excluding hydrogens is 260 g/mol. The molecule has 116 valence electrons. The minimum absolute atomic E-state index is 0.0530. The molecule has 1 saturated heterocycles. The summed E-state index contributed by atoms with van der Waals surface area (Å²) in [6.45, 7) is 6.07. The van der Waals surface area contributed by atoms with Gasteiger partial charge in [-0.1, -0.05) is 44.2 Å². The molecule has 0 aliphatic carbocycles. The van der Waals surface area contributed by atoms with Gasteiger partial charge in [0.25, 0.3) is 0 Å². The summed E-state index contributed by atoms with van der Waals surface area (Å²) in [5.74, 6) is 1.53. The molecule has 0 aromatic heterocycles. The number of ether oxygens (including phenoxy) is 2. The SMILES string of the molecule is CC(C)/C=C/[C@@]1(CCCOc2ccccc2)CCCCO1. The molecule has 2 heteroatoms. The van der Waals surface area contributed by atoms with E-state index in [0.29, 0.717) is 5.92 Å². The Kier molecular flexibility index (Phi) is 6.31. The average Bonchev–Trinajstić information content (AvgIpc) is 2.52. The van der Waals surface area contributed by atoms with Crippen molar-refractivity contribution in [1.29, 1.82) is 0 Å². The number of hydrogen-bond acceptors (Lipinski definition) is 2. The maximum Gasteiger partial charge on any atom is 0.119 e. The van der Waals surface area contributed by atoms with E-state index in [1.54, 1.807) is 0 Å². The predicted octanol–water partition coefficient (Wildman–Crippen LogP) is 5.00. The van der Waals surface area contributed by atoms with Crippen LogP contribution in [0.3, 0.4) is 0 Å². The molecular formula is C19H28O2. The van der Waals surface area contributed by atoms with Gasteiger partial charge in [0.2, 0.25) is 0 Å². The Morgan fingerprint density at radius 1 is 1.24 bits per heavy atom. The van der Waals surface area contributed by atoms with Gasteiger partial charge in [-0.15, -0.1) is 0 Å². The van der Waals surface area contributed by atoms with Crippen LogP contribution in [0.2, 0.25) is 0 Å². The second-order valence-electron chi connectivity index (χ2n) is 6.24. The zero-order valence-corrected chi connectivity index (χ0v) is 13.4. The molecule has 1 aliphatic rings. The van der Waals surface area contributed by atoms with E-state index >= 15 is 0 Å². The van der Waals surface area contributed by atoms with Gasteiger partial charge in [-0.2, -0.15) is 0 Å². The summed E-state index contributed by atoms with van der Waals surface area (Å²) < 4.78 is 11.9. The van der Waals surface area contributed by atoms with Gasteiger partial charge in [0.05, 0.1) is 12.2 Å². The van der Waals surface area contributed by atoms with E-state index in [4.69, 9.17) is 9.47 Å². The maximum atomic E-state index is 6.13. The molecule has 0 saturated carbocycles. The van der Waals surface area contributed by atoms with Crippen LogP contribution in [0.25, 0.3) is 0 Å². The lowest BCUT2D eigenvalue weighted by Gasteiger charge is -2.35. The molecule has 0 amide bonds. The predicted molar refractivity (Wildman–Crippen MR) is 87.7 cm³/mol. The molecule has 1 fully saturated rings. The third kappa shape index (κ3) is 5.55. The highest BCUT2D eigenvalue weighted by Crippen LogP contribution is 2.31. The Labute approximate surface area is 129 Å². The lowest BCUT2D eigenvalue weighted by atomic mass is 9.88. The molecule has 0 radical (unpaired) electrons. The van der Waals surface area contributed by atoms with Crippen molar-refractivity contribution in [2.45, 2.75) is 51.6 Å². The summed E-state index contributed by atoms with van der Waals surface area (Å²) in [6, 6.07) is 10.0. The number of hydrogen-bond donors (Lipinski definition) is 0. The molecule has 1 aromatic carbocycles. The first kappa shape index (κ1) is 16.1. The second-order valence-corrected chi connectivity index (χ2v) is 6.24. The molecule has 2 rings (SSSR count). The first-order valence-electron chi connectivity index (χ1n) is 8.21. The van der Waals surface area contributed by atoms with Crippen molar-refractivity contribution in [2.75, 3.05) is 13.2 Å².